The van der Waals surface area contributed by atoms with Gasteiger partial charge in [0.15, 0.2) is 0 Å². The Kier molecular flexibility index (Phi) is 4.63. The molecule has 130 valence electrons. The number of hydrogen-bond donors (Lipinski definition) is 1. The van der Waals surface area contributed by atoms with Gasteiger partial charge in [-0.05, 0) is 42.8 Å². The summed E-state index contributed by atoms with van der Waals surface area (Å²) in [7, 11) is -1.13. The number of hydrogen-bond acceptors (Lipinski definition) is 5. The maximum Gasteiger partial charge on any atom is 0.131 e. The number of pyridine rings is 1. The van der Waals surface area contributed by atoms with Crippen LogP contribution in [0.3, 0.4) is 0 Å². The fourth-order valence-corrected chi connectivity index (χ4v) is 3.30. The SMILES string of the molecule is COc1ccc2c(O[C@H](C)c3cccc([S@@](C)(=N)=O)c3)ccnc2c1. The average molecular weight is 356 g/mol. The van der Waals surface area contributed by atoms with E-state index < -0.39 is 9.73 Å². The molecule has 2 atom stereocenters. The molecule has 0 bridgehead atoms. The predicted molar refractivity (Wildman–Crippen MR) is 98.8 cm³/mol. The van der Waals surface area contributed by atoms with Crippen LogP contribution in [0.4, 0.5) is 0 Å². The molecule has 1 heterocycles. The molecule has 0 radical (unpaired) electrons. The minimum atomic E-state index is -2.75. The minimum absolute atomic E-state index is 0.255. The van der Waals surface area contributed by atoms with Crippen molar-refractivity contribution in [2.75, 3.05) is 13.4 Å². The fraction of sp³-hybridized carbons (Fsp3) is 0.211. The van der Waals surface area contributed by atoms with Gasteiger partial charge in [-0.25, -0.2) is 8.99 Å². The Labute approximate surface area is 147 Å². The van der Waals surface area contributed by atoms with E-state index in [9.17, 15) is 4.21 Å². The zero-order chi connectivity index (χ0) is 18.0. The van der Waals surface area contributed by atoms with Crippen LogP contribution < -0.4 is 9.47 Å². The van der Waals surface area contributed by atoms with Crippen molar-refractivity contribution < 1.29 is 13.7 Å². The highest BCUT2D eigenvalue weighted by Gasteiger charge is 2.13. The molecule has 3 aromatic rings. The van der Waals surface area contributed by atoms with Gasteiger partial charge in [-0.15, -0.1) is 0 Å². The molecule has 2 aromatic carbocycles. The zero-order valence-electron chi connectivity index (χ0n) is 14.4. The number of nitrogens with one attached hydrogen (secondary N) is 1. The molecule has 0 fully saturated rings. The number of ether oxygens (including phenoxy) is 2. The van der Waals surface area contributed by atoms with Crippen LogP contribution in [-0.4, -0.2) is 22.6 Å². The Morgan fingerprint density at radius 2 is 1.96 bits per heavy atom. The Morgan fingerprint density at radius 3 is 2.68 bits per heavy atom. The first-order valence-electron chi connectivity index (χ1n) is 7.81. The summed E-state index contributed by atoms with van der Waals surface area (Å²) in [6.45, 7) is 1.93. The standard InChI is InChI=1S/C19H20N2O3S/c1-13(14-5-4-6-16(11-14)25(3,20)22)24-19-9-10-21-18-12-15(23-2)7-8-17(18)19/h4-13,20H,1-3H3/t13-,25+/m1/s1. The first-order valence-corrected chi connectivity index (χ1v) is 9.78. The van der Waals surface area contributed by atoms with Gasteiger partial charge in [-0.3, -0.25) is 4.98 Å². The summed E-state index contributed by atoms with van der Waals surface area (Å²) in [6.07, 6.45) is 2.86. The Morgan fingerprint density at radius 1 is 1.16 bits per heavy atom. The van der Waals surface area contributed by atoms with Crippen LogP contribution in [0, 0.1) is 4.78 Å². The Hall–Kier alpha value is -2.60. The van der Waals surface area contributed by atoms with Gasteiger partial charge < -0.3 is 9.47 Å². The summed E-state index contributed by atoms with van der Waals surface area (Å²) >= 11 is 0. The summed E-state index contributed by atoms with van der Waals surface area (Å²) < 4.78 is 31.1. The van der Waals surface area contributed by atoms with Gasteiger partial charge in [-0.1, -0.05) is 12.1 Å². The maximum absolute atomic E-state index is 12.0. The molecule has 0 aliphatic carbocycles. The van der Waals surface area contributed by atoms with E-state index in [0.717, 1.165) is 22.2 Å². The average Bonchev–Trinajstić information content (AvgIpc) is 2.61. The molecule has 6 heteroatoms. The molecule has 5 nitrogen and oxygen atoms in total. The summed E-state index contributed by atoms with van der Waals surface area (Å²) in [5, 5.41) is 0.895. The first kappa shape index (κ1) is 17.2. The van der Waals surface area contributed by atoms with Crippen molar-refractivity contribution in [2.45, 2.75) is 17.9 Å². The van der Waals surface area contributed by atoms with Gasteiger partial charge in [0.05, 0.1) is 22.4 Å². The monoisotopic (exact) mass is 356 g/mol. The predicted octanol–water partition coefficient (Wildman–Crippen LogP) is 4.42. The number of aromatic nitrogens is 1. The highest BCUT2D eigenvalue weighted by atomic mass is 32.2. The number of methoxy groups -OCH3 is 1. The van der Waals surface area contributed by atoms with Gasteiger partial charge in [0.2, 0.25) is 0 Å². The summed E-state index contributed by atoms with van der Waals surface area (Å²) in [6, 6.07) is 14.7. The van der Waals surface area contributed by atoms with Crippen molar-refractivity contribution in [2.24, 2.45) is 0 Å². The highest BCUT2D eigenvalue weighted by molar-refractivity contribution is 7.91. The number of benzene rings is 2. The lowest BCUT2D eigenvalue weighted by Crippen LogP contribution is -2.05. The van der Waals surface area contributed by atoms with Crippen molar-refractivity contribution in [3.63, 3.8) is 0 Å². The number of rotatable bonds is 5. The first-order chi connectivity index (χ1) is 11.9. The van der Waals surface area contributed by atoms with E-state index in [4.69, 9.17) is 14.3 Å². The van der Waals surface area contributed by atoms with Crippen LogP contribution in [0.1, 0.15) is 18.6 Å². The Balaban J connectivity index is 1.93. The summed E-state index contributed by atoms with van der Waals surface area (Å²) in [5.74, 6) is 1.46. The van der Waals surface area contributed by atoms with Gasteiger partial charge in [-0.2, -0.15) is 0 Å². The maximum atomic E-state index is 12.0. The second-order valence-corrected chi connectivity index (χ2v) is 8.03. The topological polar surface area (TPSA) is 72.3 Å². The number of fused-ring (bicyclic) bond motifs is 1. The van der Waals surface area contributed by atoms with Crippen LogP contribution in [0.25, 0.3) is 10.9 Å². The van der Waals surface area contributed by atoms with Crippen molar-refractivity contribution in [3.05, 3.63) is 60.3 Å². The van der Waals surface area contributed by atoms with Crippen LogP contribution in [0.5, 0.6) is 11.5 Å². The highest BCUT2D eigenvalue weighted by Crippen LogP contribution is 2.31. The van der Waals surface area contributed by atoms with E-state index in [0.29, 0.717) is 10.6 Å². The molecule has 0 saturated carbocycles. The largest absolute Gasteiger partial charge is 0.497 e. The van der Waals surface area contributed by atoms with Crippen molar-refractivity contribution >= 4 is 20.6 Å². The van der Waals surface area contributed by atoms with Gasteiger partial charge >= 0.3 is 0 Å². The van der Waals surface area contributed by atoms with E-state index in [2.05, 4.69) is 4.98 Å². The Bertz CT molecular complexity index is 1020. The van der Waals surface area contributed by atoms with Crippen LogP contribution >= 0.6 is 0 Å². The molecule has 25 heavy (non-hydrogen) atoms. The molecule has 3 rings (SSSR count). The minimum Gasteiger partial charge on any atom is -0.497 e. The molecule has 1 N–H and O–H groups in total. The smallest absolute Gasteiger partial charge is 0.131 e. The second kappa shape index (κ2) is 6.72. The van der Waals surface area contributed by atoms with E-state index in [1.807, 2.05) is 37.3 Å². The molecular weight excluding hydrogens is 336 g/mol. The fourth-order valence-electron chi connectivity index (χ4n) is 2.60. The molecule has 1 aromatic heterocycles. The van der Waals surface area contributed by atoms with Crippen LogP contribution in [0.15, 0.2) is 59.6 Å². The summed E-state index contributed by atoms with van der Waals surface area (Å²) in [5.41, 5.74) is 1.67. The van der Waals surface area contributed by atoms with Crippen molar-refractivity contribution in [1.82, 2.24) is 4.98 Å². The third-order valence-corrected chi connectivity index (χ3v) is 5.14. The lowest BCUT2D eigenvalue weighted by atomic mass is 10.1. The molecular formula is C19H20N2O3S. The van der Waals surface area contributed by atoms with Crippen molar-refractivity contribution in [1.29, 1.82) is 4.78 Å². The van der Waals surface area contributed by atoms with Gasteiger partial charge in [0.1, 0.15) is 17.6 Å². The van der Waals surface area contributed by atoms with Crippen molar-refractivity contribution in [3.8, 4) is 11.5 Å². The third-order valence-electron chi connectivity index (χ3n) is 3.99. The quantitative estimate of drug-likeness (QED) is 0.734. The second-order valence-electron chi connectivity index (χ2n) is 5.87. The van der Waals surface area contributed by atoms with Gasteiger partial charge in [0.25, 0.3) is 0 Å². The van der Waals surface area contributed by atoms with E-state index in [1.165, 1.54) is 6.26 Å². The van der Waals surface area contributed by atoms with E-state index >= 15 is 0 Å². The number of nitrogens with zero attached hydrogens (tertiary/aromatic N) is 1. The van der Waals surface area contributed by atoms with Gasteiger partial charge in [0, 0.05) is 28.8 Å². The molecule has 0 aliphatic rings. The molecule has 0 amide bonds. The molecule has 0 unspecified atom stereocenters. The third kappa shape index (κ3) is 3.74. The zero-order valence-corrected chi connectivity index (χ0v) is 15.2. The summed E-state index contributed by atoms with van der Waals surface area (Å²) in [4.78, 5) is 4.86. The lowest BCUT2D eigenvalue weighted by Gasteiger charge is -2.17. The lowest BCUT2D eigenvalue weighted by molar-refractivity contribution is 0.229. The molecule has 0 saturated heterocycles. The van der Waals surface area contributed by atoms with E-state index in [1.54, 1.807) is 31.5 Å². The van der Waals surface area contributed by atoms with Crippen LogP contribution in [0.2, 0.25) is 0 Å². The molecule has 0 aliphatic heterocycles. The normalized spacial score (nSPS) is 14.7. The van der Waals surface area contributed by atoms with Crippen LogP contribution in [-0.2, 0) is 9.73 Å². The molecule has 0 spiro atoms. The van der Waals surface area contributed by atoms with E-state index in [-0.39, 0.29) is 6.10 Å².